The van der Waals surface area contributed by atoms with Crippen LogP contribution in [-0.2, 0) is 16.1 Å². The van der Waals surface area contributed by atoms with Gasteiger partial charge in [-0.3, -0.25) is 9.59 Å². The maximum atomic E-state index is 12.6. The maximum absolute atomic E-state index is 12.6. The van der Waals surface area contributed by atoms with Crippen LogP contribution >= 0.6 is 0 Å². The smallest absolute Gasteiger partial charge is 0.235 e. The van der Waals surface area contributed by atoms with E-state index in [0.29, 0.717) is 30.9 Å². The van der Waals surface area contributed by atoms with Gasteiger partial charge in [0, 0.05) is 12.6 Å². The zero-order chi connectivity index (χ0) is 18.6. The first kappa shape index (κ1) is 18.5. The topological polar surface area (TPSA) is 76.7 Å². The van der Waals surface area contributed by atoms with Gasteiger partial charge in [0.05, 0.1) is 14.2 Å². The number of amides is 2. The van der Waals surface area contributed by atoms with Crippen molar-refractivity contribution in [3.63, 3.8) is 0 Å². The molecule has 0 unspecified atom stereocenters. The van der Waals surface area contributed by atoms with E-state index in [-0.39, 0.29) is 17.9 Å². The van der Waals surface area contributed by atoms with Crippen molar-refractivity contribution in [3.8, 4) is 11.5 Å². The lowest BCUT2D eigenvalue weighted by molar-refractivity contribution is -0.137. The number of hydrogen-bond acceptors (Lipinski definition) is 4. The summed E-state index contributed by atoms with van der Waals surface area (Å²) in [6.45, 7) is 0.359. The highest BCUT2D eigenvalue weighted by Crippen LogP contribution is 2.46. The number of rotatable bonds is 7. The Morgan fingerprint density at radius 2 is 1.73 bits per heavy atom. The van der Waals surface area contributed by atoms with Gasteiger partial charge in [0.2, 0.25) is 11.8 Å². The minimum atomic E-state index is -0.867. The molecule has 0 aromatic heterocycles. The van der Waals surface area contributed by atoms with Gasteiger partial charge in [-0.1, -0.05) is 25.3 Å². The van der Waals surface area contributed by atoms with Gasteiger partial charge in [0.15, 0.2) is 11.5 Å². The molecule has 0 spiro atoms. The van der Waals surface area contributed by atoms with Crippen molar-refractivity contribution in [1.82, 2.24) is 10.6 Å². The lowest BCUT2D eigenvalue weighted by Crippen LogP contribution is -2.46. The van der Waals surface area contributed by atoms with E-state index in [4.69, 9.17) is 9.47 Å². The van der Waals surface area contributed by atoms with Crippen LogP contribution in [-0.4, -0.2) is 32.1 Å². The van der Waals surface area contributed by atoms with Crippen LogP contribution in [0.2, 0.25) is 0 Å². The van der Waals surface area contributed by atoms with Crippen LogP contribution in [0, 0.1) is 5.41 Å². The first-order chi connectivity index (χ1) is 12.6. The van der Waals surface area contributed by atoms with Crippen LogP contribution < -0.4 is 20.1 Å². The molecule has 2 N–H and O–H groups in total. The van der Waals surface area contributed by atoms with Gasteiger partial charge in [0.1, 0.15) is 5.41 Å². The third-order valence-electron chi connectivity index (χ3n) is 5.46. The van der Waals surface area contributed by atoms with E-state index in [0.717, 1.165) is 31.2 Å². The number of nitrogens with one attached hydrogen (secondary N) is 2. The summed E-state index contributed by atoms with van der Waals surface area (Å²) in [7, 11) is 3.16. The van der Waals surface area contributed by atoms with Crippen molar-refractivity contribution in [1.29, 1.82) is 0 Å². The lowest BCUT2D eigenvalue weighted by Gasteiger charge is -2.25. The fourth-order valence-electron chi connectivity index (χ4n) is 3.59. The molecule has 3 rings (SSSR count). The average molecular weight is 360 g/mol. The second-order valence-corrected chi connectivity index (χ2v) is 7.26. The molecule has 2 aliphatic carbocycles. The summed E-state index contributed by atoms with van der Waals surface area (Å²) in [5.74, 6) is 0.985. The quantitative estimate of drug-likeness (QED) is 0.733. The van der Waals surface area contributed by atoms with Crippen LogP contribution in [0.15, 0.2) is 18.2 Å². The SMILES string of the molecule is COc1ccc(CNC(=O)C2(C(=O)NC3CCCCC3)CC2)cc1OC. The first-order valence-corrected chi connectivity index (χ1v) is 9.39. The lowest BCUT2D eigenvalue weighted by atomic mass is 9.94. The van der Waals surface area contributed by atoms with Crippen molar-refractivity contribution in [2.24, 2.45) is 5.41 Å². The summed E-state index contributed by atoms with van der Waals surface area (Å²) in [6, 6.07) is 5.75. The van der Waals surface area contributed by atoms with Gasteiger partial charge in [-0.25, -0.2) is 0 Å². The highest BCUT2D eigenvalue weighted by Gasteiger charge is 2.56. The van der Waals surface area contributed by atoms with E-state index in [9.17, 15) is 9.59 Å². The van der Waals surface area contributed by atoms with Crippen LogP contribution in [0.3, 0.4) is 0 Å². The highest BCUT2D eigenvalue weighted by atomic mass is 16.5. The zero-order valence-electron chi connectivity index (χ0n) is 15.6. The fourth-order valence-corrected chi connectivity index (χ4v) is 3.59. The molecule has 0 bridgehead atoms. The average Bonchev–Trinajstić information content (AvgIpc) is 3.48. The van der Waals surface area contributed by atoms with Gasteiger partial charge in [-0.2, -0.15) is 0 Å². The highest BCUT2D eigenvalue weighted by molar-refractivity contribution is 6.07. The third kappa shape index (κ3) is 3.94. The van der Waals surface area contributed by atoms with Gasteiger partial charge < -0.3 is 20.1 Å². The number of carbonyl (C=O) groups excluding carboxylic acids is 2. The molecular weight excluding hydrogens is 332 g/mol. The molecule has 0 radical (unpaired) electrons. The van der Waals surface area contributed by atoms with Crippen LogP contribution in [0.5, 0.6) is 11.5 Å². The Labute approximate surface area is 154 Å². The van der Waals surface area contributed by atoms with Crippen LogP contribution in [0.1, 0.15) is 50.5 Å². The Hall–Kier alpha value is -2.24. The van der Waals surface area contributed by atoms with Gasteiger partial charge in [-0.15, -0.1) is 0 Å². The second-order valence-electron chi connectivity index (χ2n) is 7.26. The summed E-state index contributed by atoms with van der Waals surface area (Å²) in [6.07, 6.45) is 6.85. The summed E-state index contributed by atoms with van der Waals surface area (Å²) in [5.41, 5.74) is 0.0352. The Morgan fingerprint density at radius 1 is 1.04 bits per heavy atom. The summed E-state index contributed by atoms with van der Waals surface area (Å²) < 4.78 is 10.5. The van der Waals surface area contributed by atoms with Crippen molar-refractivity contribution < 1.29 is 19.1 Å². The Bertz CT molecular complexity index is 664. The molecule has 142 valence electrons. The number of hydrogen-bond donors (Lipinski definition) is 2. The summed E-state index contributed by atoms with van der Waals surface area (Å²) in [4.78, 5) is 25.3. The number of carbonyl (C=O) groups is 2. The Balaban J connectivity index is 1.56. The van der Waals surface area contributed by atoms with Crippen molar-refractivity contribution in [3.05, 3.63) is 23.8 Å². The largest absolute Gasteiger partial charge is 0.493 e. The Kier molecular flexibility index (Phi) is 5.69. The van der Waals surface area contributed by atoms with Crippen molar-refractivity contribution >= 4 is 11.8 Å². The molecule has 0 aliphatic heterocycles. The fraction of sp³-hybridized carbons (Fsp3) is 0.600. The van der Waals surface area contributed by atoms with E-state index < -0.39 is 5.41 Å². The molecule has 6 nitrogen and oxygen atoms in total. The van der Waals surface area contributed by atoms with Gasteiger partial charge in [-0.05, 0) is 43.4 Å². The monoisotopic (exact) mass is 360 g/mol. The standard InChI is InChI=1S/C20H28N2O4/c1-25-16-9-8-14(12-17(16)26-2)13-21-18(23)20(10-11-20)19(24)22-15-6-4-3-5-7-15/h8-9,12,15H,3-7,10-11,13H2,1-2H3,(H,21,23)(H,22,24). The number of benzene rings is 1. The molecule has 2 saturated carbocycles. The molecule has 1 aromatic rings. The summed E-state index contributed by atoms with van der Waals surface area (Å²) in [5, 5.41) is 6.01. The van der Waals surface area contributed by atoms with E-state index >= 15 is 0 Å². The van der Waals surface area contributed by atoms with E-state index in [1.807, 2.05) is 18.2 Å². The first-order valence-electron chi connectivity index (χ1n) is 9.39. The normalized spacial score (nSPS) is 18.7. The molecule has 0 atom stereocenters. The predicted octanol–water partition coefficient (Wildman–Crippen LogP) is 2.55. The number of ether oxygens (including phenoxy) is 2. The van der Waals surface area contributed by atoms with Gasteiger partial charge in [0.25, 0.3) is 0 Å². The molecular formula is C20H28N2O4. The summed E-state index contributed by atoms with van der Waals surface area (Å²) >= 11 is 0. The molecule has 1 aromatic carbocycles. The molecule has 0 saturated heterocycles. The minimum absolute atomic E-state index is 0.103. The van der Waals surface area contributed by atoms with Crippen molar-refractivity contribution in [2.75, 3.05) is 14.2 Å². The van der Waals surface area contributed by atoms with Crippen LogP contribution in [0.25, 0.3) is 0 Å². The molecule has 26 heavy (non-hydrogen) atoms. The predicted molar refractivity (Wildman–Crippen MR) is 98.1 cm³/mol. The van der Waals surface area contributed by atoms with Crippen molar-refractivity contribution in [2.45, 2.75) is 57.5 Å². The van der Waals surface area contributed by atoms with E-state index in [1.54, 1.807) is 14.2 Å². The van der Waals surface area contributed by atoms with E-state index in [1.165, 1.54) is 6.42 Å². The second kappa shape index (κ2) is 7.98. The third-order valence-corrected chi connectivity index (χ3v) is 5.46. The molecule has 0 heterocycles. The number of methoxy groups -OCH3 is 2. The Morgan fingerprint density at radius 3 is 2.35 bits per heavy atom. The zero-order valence-corrected chi connectivity index (χ0v) is 15.6. The molecule has 2 fully saturated rings. The van der Waals surface area contributed by atoms with Gasteiger partial charge >= 0.3 is 0 Å². The molecule has 6 heteroatoms. The minimum Gasteiger partial charge on any atom is -0.493 e. The van der Waals surface area contributed by atoms with Crippen LogP contribution in [0.4, 0.5) is 0 Å². The molecule has 2 aliphatic rings. The maximum Gasteiger partial charge on any atom is 0.235 e. The van der Waals surface area contributed by atoms with E-state index in [2.05, 4.69) is 10.6 Å². The molecule has 2 amide bonds.